The Labute approximate surface area is 366 Å². The van der Waals surface area contributed by atoms with Gasteiger partial charge in [0.15, 0.2) is 0 Å². The molecule has 0 fully saturated rings. The maximum Gasteiger partial charge on any atom is 0.148 e. The number of furan rings is 1. The molecule has 4 heterocycles. The zero-order chi connectivity index (χ0) is 40.9. The molecule has 4 aromatic heterocycles. The summed E-state index contributed by atoms with van der Waals surface area (Å²) < 4.78 is 7.78. The molecule has 0 aliphatic carbocycles. The van der Waals surface area contributed by atoms with Gasteiger partial charge in [-0.25, -0.2) is 4.98 Å². The molecule has 0 saturated heterocycles. The molecule has 4 nitrogen and oxygen atoms in total. The fourth-order valence-corrected chi connectivity index (χ4v) is 8.64. The molecule has 6 heteroatoms. The van der Waals surface area contributed by atoms with Gasteiger partial charge >= 0.3 is 0 Å². The first-order valence-corrected chi connectivity index (χ1v) is 20.7. The van der Waals surface area contributed by atoms with Gasteiger partial charge in [-0.05, 0) is 82.6 Å². The molecule has 0 spiro atoms. The van der Waals surface area contributed by atoms with Crippen LogP contribution in [0, 0.1) is 39.8 Å². The van der Waals surface area contributed by atoms with Crippen LogP contribution in [-0.4, -0.2) is 15.0 Å². The van der Waals surface area contributed by atoms with Crippen molar-refractivity contribution in [3.05, 3.63) is 160 Å². The van der Waals surface area contributed by atoms with E-state index in [2.05, 4.69) is 171 Å². The summed E-state index contributed by atoms with van der Waals surface area (Å²) >= 11 is 1.74. The van der Waals surface area contributed by atoms with E-state index in [1.54, 1.807) is 11.3 Å². The Morgan fingerprint density at radius 3 is 2.02 bits per heavy atom. The summed E-state index contributed by atoms with van der Waals surface area (Å²) in [5.41, 5.74) is 17.4. The number of nitrogens with zero attached hydrogens (tertiary/aromatic N) is 3. The van der Waals surface area contributed by atoms with Crippen molar-refractivity contribution in [2.75, 3.05) is 0 Å². The van der Waals surface area contributed by atoms with E-state index < -0.39 is 0 Å². The van der Waals surface area contributed by atoms with Crippen molar-refractivity contribution in [2.24, 2.45) is 0 Å². The van der Waals surface area contributed by atoms with Gasteiger partial charge in [0.05, 0.1) is 15.3 Å². The van der Waals surface area contributed by atoms with Crippen LogP contribution in [0.4, 0.5) is 0 Å². The molecule has 0 N–H and O–H groups in total. The molecule has 0 atom stereocenters. The monoisotopic (exact) mass is 968 g/mol. The quantitative estimate of drug-likeness (QED) is 0.165. The standard InChI is InChI=1S/C34H33N2OS.C19H16N.Ir/c1-19-11-9-12-20(2)28(19)24-18-35-26(17-25(24)33(3,4)5)23-14-10-13-21-22-15-16-27-29(31(22)37-30(21)23)36-32(38-27)34(6,7)8;1-14-8-10-17(11-9-14)19-12-18(15(2)13-20-19)16-6-4-3-5-7-16;/h9-13,15-18H,1-8H3;3-10,12-13H,1-2H3;/q2*-1;. The van der Waals surface area contributed by atoms with Crippen LogP contribution >= 0.6 is 11.3 Å². The van der Waals surface area contributed by atoms with Crippen molar-refractivity contribution in [2.45, 2.75) is 80.1 Å². The number of pyridine rings is 2. The summed E-state index contributed by atoms with van der Waals surface area (Å²) in [6.45, 7) is 21.9. The smallest absolute Gasteiger partial charge is 0.148 e. The van der Waals surface area contributed by atoms with Gasteiger partial charge in [0, 0.05) is 48.9 Å². The van der Waals surface area contributed by atoms with E-state index in [9.17, 15) is 0 Å². The van der Waals surface area contributed by atoms with Crippen LogP contribution < -0.4 is 0 Å². The zero-order valence-corrected chi connectivity index (χ0v) is 38.7. The second-order valence-corrected chi connectivity index (χ2v) is 18.4. The average Bonchev–Trinajstić information content (AvgIpc) is 3.82. The Balaban J connectivity index is 0.000000212. The number of hydrogen-bond donors (Lipinski definition) is 0. The minimum Gasteiger partial charge on any atom is -0.498 e. The molecule has 299 valence electrons. The predicted octanol–water partition coefficient (Wildman–Crippen LogP) is 14.8. The summed E-state index contributed by atoms with van der Waals surface area (Å²) in [5, 5.41) is 3.27. The van der Waals surface area contributed by atoms with Gasteiger partial charge < -0.3 is 14.4 Å². The molecule has 5 aromatic carbocycles. The largest absolute Gasteiger partial charge is 0.498 e. The van der Waals surface area contributed by atoms with Crippen LogP contribution in [0.3, 0.4) is 0 Å². The van der Waals surface area contributed by atoms with Crippen molar-refractivity contribution in [1.29, 1.82) is 0 Å². The number of fused-ring (bicyclic) bond motifs is 5. The maximum atomic E-state index is 6.63. The third-order valence-corrected chi connectivity index (χ3v) is 12.2. The summed E-state index contributed by atoms with van der Waals surface area (Å²) in [6.07, 6.45) is 3.97. The summed E-state index contributed by atoms with van der Waals surface area (Å²) in [5.74, 6) is 0. The van der Waals surface area contributed by atoms with Crippen molar-refractivity contribution in [1.82, 2.24) is 15.0 Å². The van der Waals surface area contributed by atoms with E-state index in [1.165, 1.54) is 50.1 Å². The second kappa shape index (κ2) is 16.4. The van der Waals surface area contributed by atoms with E-state index in [1.807, 2.05) is 30.6 Å². The van der Waals surface area contributed by atoms with Crippen LogP contribution in [0.15, 0.2) is 120 Å². The van der Waals surface area contributed by atoms with E-state index in [-0.39, 0.29) is 30.9 Å². The van der Waals surface area contributed by atoms with Crippen molar-refractivity contribution in [3.63, 3.8) is 0 Å². The normalized spacial score (nSPS) is 11.8. The molecule has 0 aliphatic heterocycles. The Morgan fingerprint density at radius 1 is 0.627 bits per heavy atom. The Bertz CT molecular complexity index is 2930. The van der Waals surface area contributed by atoms with Crippen LogP contribution in [0.1, 0.15) is 74.4 Å². The van der Waals surface area contributed by atoms with Gasteiger partial charge in [-0.1, -0.05) is 126 Å². The topological polar surface area (TPSA) is 51.8 Å². The number of aryl methyl sites for hydroxylation is 4. The molecule has 59 heavy (non-hydrogen) atoms. The molecular formula is C53H49IrN3OS-2. The predicted molar refractivity (Wildman–Crippen MR) is 245 cm³/mol. The number of aromatic nitrogens is 3. The van der Waals surface area contributed by atoms with E-state index in [0.29, 0.717) is 0 Å². The Kier molecular flexibility index (Phi) is 11.7. The fourth-order valence-electron chi connectivity index (χ4n) is 7.61. The molecule has 0 saturated carbocycles. The maximum absolute atomic E-state index is 6.63. The molecule has 9 rings (SSSR count). The van der Waals surface area contributed by atoms with Crippen LogP contribution in [-0.2, 0) is 30.9 Å². The second-order valence-electron chi connectivity index (χ2n) is 17.4. The summed E-state index contributed by atoms with van der Waals surface area (Å²) in [6, 6.07) is 42.6. The molecule has 1 radical (unpaired) electrons. The van der Waals surface area contributed by atoms with Gasteiger partial charge in [0.2, 0.25) is 0 Å². The number of hydrogen-bond acceptors (Lipinski definition) is 5. The zero-order valence-electron chi connectivity index (χ0n) is 35.5. The molecule has 0 aliphatic rings. The van der Waals surface area contributed by atoms with Crippen LogP contribution in [0.5, 0.6) is 0 Å². The van der Waals surface area contributed by atoms with Crippen LogP contribution in [0.2, 0.25) is 0 Å². The Hall–Kier alpha value is -5.26. The van der Waals surface area contributed by atoms with Gasteiger partial charge in [-0.2, -0.15) is 0 Å². The van der Waals surface area contributed by atoms with Gasteiger partial charge in [0.1, 0.15) is 11.1 Å². The van der Waals surface area contributed by atoms with E-state index in [4.69, 9.17) is 14.4 Å². The molecule has 0 unspecified atom stereocenters. The third-order valence-electron chi connectivity index (χ3n) is 10.8. The van der Waals surface area contributed by atoms with Gasteiger partial charge in [-0.15, -0.1) is 64.9 Å². The van der Waals surface area contributed by atoms with Gasteiger partial charge in [0.25, 0.3) is 0 Å². The van der Waals surface area contributed by atoms with Crippen molar-refractivity contribution < 1.29 is 24.5 Å². The van der Waals surface area contributed by atoms with E-state index >= 15 is 0 Å². The van der Waals surface area contributed by atoms with Gasteiger partial charge in [-0.3, -0.25) is 0 Å². The first kappa shape index (κ1) is 41.9. The first-order valence-electron chi connectivity index (χ1n) is 19.9. The SMILES string of the molecule is Cc1c[c-]c(-c2cc(-c3ccccc3)c(C)cn2)cc1.Cc1cccc(C)c1-c1cnc(-c2[c-]ccc3c2oc2c3ccc3sc(C(C)(C)C)nc32)cc1C(C)(C)C.[Ir]. The molecule has 0 amide bonds. The Morgan fingerprint density at radius 2 is 1.34 bits per heavy atom. The minimum atomic E-state index is -0.0698. The first-order chi connectivity index (χ1) is 27.7. The molecular weight excluding hydrogens is 919 g/mol. The fraction of sp³-hybridized carbons (Fsp3) is 0.226. The third kappa shape index (κ3) is 8.32. The number of thiazole rings is 1. The van der Waals surface area contributed by atoms with Crippen molar-refractivity contribution in [3.8, 4) is 44.8 Å². The summed E-state index contributed by atoms with van der Waals surface area (Å²) in [7, 11) is 0. The number of benzene rings is 5. The number of rotatable bonds is 4. The average molecular weight is 968 g/mol. The summed E-state index contributed by atoms with van der Waals surface area (Å²) in [4.78, 5) is 14.5. The van der Waals surface area contributed by atoms with E-state index in [0.717, 1.165) is 59.7 Å². The van der Waals surface area contributed by atoms with Crippen LogP contribution in [0.25, 0.3) is 76.9 Å². The molecule has 9 aromatic rings. The minimum absolute atomic E-state index is 0. The van der Waals surface area contributed by atoms with Crippen molar-refractivity contribution >= 4 is 43.5 Å². The molecule has 0 bridgehead atoms.